The Bertz CT molecular complexity index is 466. The molecule has 0 bridgehead atoms. The van der Waals surface area contributed by atoms with Crippen molar-refractivity contribution < 1.29 is 5.11 Å². The van der Waals surface area contributed by atoms with Gasteiger partial charge < -0.3 is 15.3 Å². The molecule has 0 radical (unpaired) electrons. The standard InChI is InChI=1S/C14H18BrN3O/c15-13-8-11(9-16)3-4-14(13)18(6-7-19)10-12-2-1-5-17-12/h3-4,8,12,17,19H,1-2,5-7,10H2. The van der Waals surface area contributed by atoms with Crippen molar-refractivity contribution in [3.05, 3.63) is 28.2 Å². The summed E-state index contributed by atoms with van der Waals surface area (Å²) in [7, 11) is 0. The number of nitrogens with zero attached hydrogens (tertiary/aromatic N) is 2. The minimum absolute atomic E-state index is 0.124. The van der Waals surface area contributed by atoms with E-state index >= 15 is 0 Å². The molecule has 1 unspecified atom stereocenters. The van der Waals surface area contributed by atoms with E-state index in [2.05, 4.69) is 32.2 Å². The van der Waals surface area contributed by atoms with Crippen LogP contribution in [0.4, 0.5) is 5.69 Å². The molecule has 1 saturated heterocycles. The molecular weight excluding hydrogens is 306 g/mol. The second-order valence-corrected chi connectivity index (χ2v) is 5.60. The Morgan fingerprint density at radius 3 is 2.95 bits per heavy atom. The van der Waals surface area contributed by atoms with Crippen LogP contribution in [0.2, 0.25) is 0 Å². The van der Waals surface area contributed by atoms with Crippen molar-refractivity contribution in [2.24, 2.45) is 0 Å². The van der Waals surface area contributed by atoms with Gasteiger partial charge in [-0.1, -0.05) is 0 Å². The summed E-state index contributed by atoms with van der Waals surface area (Å²) in [5.74, 6) is 0. The number of nitrogens with one attached hydrogen (secondary N) is 1. The highest BCUT2D eigenvalue weighted by atomic mass is 79.9. The lowest BCUT2D eigenvalue weighted by Gasteiger charge is -2.28. The Labute approximate surface area is 122 Å². The van der Waals surface area contributed by atoms with Gasteiger partial charge >= 0.3 is 0 Å². The van der Waals surface area contributed by atoms with Gasteiger partial charge in [0.25, 0.3) is 0 Å². The summed E-state index contributed by atoms with van der Waals surface area (Å²) in [4.78, 5) is 2.16. The highest BCUT2D eigenvalue weighted by molar-refractivity contribution is 9.10. The molecule has 2 N–H and O–H groups in total. The van der Waals surface area contributed by atoms with Gasteiger partial charge in [0.15, 0.2) is 0 Å². The lowest BCUT2D eigenvalue weighted by Crippen LogP contribution is -2.39. The van der Waals surface area contributed by atoms with Crippen molar-refractivity contribution in [2.75, 3.05) is 31.1 Å². The molecule has 0 amide bonds. The van der Waals surface area contributed by atoms with E-state index in [-0.39, 0.29) is 6.61 Å². The molecule has 0 spiro atoms. The SMILES string of the molecule is N#Cc1ccc(N(CCO)CC2CCCN2)c(Br)c1. The third-order valence-electron chi connectivity index (χ3n) is 3.39. The van der Waals surface area contributed by atoms with Crippen LogP contribution < -0.4 is 10.2 Å². The highest BCUT2D eigenvalue weighted by Gasteiger charge is 2.19. The number of benzene rings is 1. The summed E-state index contributed by atoms with van der Waals surface area (Å²) in [6.07, 6.45) is 2.39. The predicted molar refractivity (Wildman–Crippen MR) is 79.2 cm³/mol. The highest BCUT2D eigenvalue weighted by Crippen LogP contribution is 2.27. The number of halogens is 1. The smallest absolute Gasteiger partial charge is 0.0992 e. The van der Waals surface area contributed by atoms with Crippen LogP contribution in [0.5, 0.6) is 0 Å². The van der Waals surface area contributed by atoms with Crippen LogP contribution in [0, 0.1) is 11.3 Å². The number of nitriles is 1. The monoisotopic (exact) mass is 323 g/mol. The molecule has 1 heterocycles. The Kier molecular flexibility index (Phi) is 5.20. The molecule has 0 aliphatic carbocycles. The number of hydrogen-bond acceptors (Lipinski definition) is 4. The van der Waals surface area contributed by atoms with Crippen LogP contribution in [0.15, 0.2) is 22.7 Å². The minimum atomic E-state index is 0.124. The fourth-order valence-corrected chi connectivity index (χ4v) is 3.07. The van der Waals surface area contributed by atoms with Gasteiger partial charge in [-0.2, -0.15) is 5.26 Å². The van der Waals surface area contributed by atoms with E-state index in [1.807, 2.05) is 18.2 Å². The minimum Gasteiger partial charge on any atom is -0.395 e. The van der Waals surface area contributed by atoms with Crippen LogP contribution in [-0.4, -0.2) is 37.4 Å². The second kappa shape index (κ2) is 6.90. The van der Waals surface area contributed by atoms with Gasteiger partial charge in [-0.05, 0) is 53.5 Å². The first-order valence-corrected chi connectivity index (χ1v) is 7.32. The molecule has 0 aromatic heterocycles. The normalized spacial score (nSPS) is 18.3. The zero-order valence-electron chi connectivity index (χ0n) is 10.8. The van der Waals surface area contributed by atoms with E-state index in [1.54, 1.807) is 0 Å². The van der Waals surface area contributed by atoms with Gasteiger partial charge in [-0.25, -0.2) is 0 Å². The van der Waals surface area contributed by atoms with Gasteiger partial charge in [-0.3, -0.25) is 0 Å². The fraction of sp³-hybridized carbons (Fsp3) is 0.500. The summed E-state index contributed by atoms with van der Waals surface area (Å²) in [5.41, 5.74) is 1.67. The lowest BCUT2D eigenvalue weighted by molar-refractivity contribution is 0.300. The van der Waals surface area contributed by atoms with E-state index in [4.69, 9.17) is 5.26 Å². The van der Waals surface area contributed by atoms with Crippen molar-refractivity contribution in [3.63, 3.8) is 0 Å². The Balaban J connectivity index is 2.15. The van der Waals surface area contributed by atoms with Crippen molar-refractivity contribution in [2.45, 2.75) is 18.9 Å². The third-order valence-corrected chi connectivity index (χ3v) is 4.03. The van der Waals surface area contributed by atoms with Crippen LogP contribution >= 0.6 is 15.9 Å². The molecule has 1 fully saturated rings. The van der Waals surface area contributed by atoms with Crippen LogP contribution in [-0.2, 0) is 0 Å². The number of anilines is 1. The molecule has 0 saturated carbocycles. The van der Waals surface area contributed by atoms with Gasteiger partial charge in [0.05, 0.1) is 23.9 Å². The van der Waals surface area contributed by atoms with E-state index in [0.717, 1.165) is 23.2 Å². The Morgan fingerprint density at radius 2 is 2.37 bits per heavy atom. The summed E-state index contributed by atoms with van der Waals surface area (Å²) >= 11 is 3.51. The van der Waals surface area contributed by atoms with Gasteiger partial charge in [0, 0.05) is 23.6 Å². The maximum Gasteiger partial charge on any atom is 0.0992 e. The van der Waals surface area contributed by atoms with Crippen molar-refractivity contribution in [1.82, 2.24) is 5.32 Å². The molecule has 4 nitrogen and oxygen atoms in total. The number of aliphatic hydroxyl groups is 1. The number of aliphatic hydroxyl groups excluding tert-OH is 1. The quantitative estimate of drug-likeness (QED) is 0.868. The molecule has 1 aliphatic heterocycles. The van der Waals surface area contributed by atoms with Crippen LogP contribution in [0.25, 0.3) is 0 Å². The predicted octanol–water partition coefficient (Wildman–Crippen LogP) is 1.87. The zero-order valence-corrected chi connectivity index (χ0v) is 12.4. The summed E-state index contributed by atoms with van der Waals surface area (Å²) < 4.78 is 0.901. The van der Waals surface area contributed by atoms with Crippen LogP contribution in [0.3, 0.4) is 0 Å². The van der Waals surface area contributed by atoms with E-state index < -0.39 is 0 Å². The lowest BCUT2D eigenvalue weighted by atomic mass is 10.1. The molecule has 102 valence electrons. The number of hydrogen-bond donors (Lipinski definition) is 2. The van der Waals surface area contributed by atoms with E-state index in [1.165, 1.54) is 12.8 Å². The van der Waals surface area contributed by atoms with Crippen LogP contribution in [0.1, 0.15) is 18.4 Å². The van der Waals surface area contributed by atoms with Crippen molar-refractivity contribution >= 4 is 21.6 Å². The topological polar surface area (TPSA) is 59.3 Å². The molecule has 1 atom stereocenters. The van der Waals surface area contributed by atoms with E-state index in [9.17, 15) is 5.11 Å². The first-order valence-electron chi connectivity index (χ1n) is 6.53. The van der Waals surface area contributed by atoms with Gasteiger partial charge in [0.2, 0.25) is 0 Å². The average Bonchev–Trinajstić information content (AvgIpc) is 2.91. The molecule has 1 aliphatic rings. The molecule has 1 aromatic rings. The van der Waals surface area contributed by atoms with Crippen molar-refractivity contribution in [3.8, 4) is 6.07 Å². The third kappa shape index (κ3) is 3.69. The zero-order chi connectivity index (χ0) is 13.7. The molecule has 1 aromatic carbocycles. The second-order valence-electron chi connectivity index (χ2n) is 4.74. The summed E-state index contributed by atoms with van der Waals surface area (Å²) in [5, 5.41) is 21.6. The maximum atomic E-state index is 9.23. The largest absolute Gasteiger partial charge is 0.395 e. The van der Waals surface area contributed by atoms with Crippen molar-refractivity contribution in [1.29, 1.82) is 5.26 Å². The average molecular weight is 324 g/mol. The van der Waals surface area contributed by atoms with Gasteiger partial charge in [0.1, 0.15) is 0 Å². The first kappa shape index (κ1) is 14.3. The first-order chi connectivity index (χ1) is 9.24. The molecule has 19 heavy (non-hydrogen) atoms. The Morgan fingerprint density at radius 1 is 1.53 bits per heavy atom. The summed E-state index contributed by atoms with van der Waals surface area (Å²) in [6.45, 7) is 2.68. The maximum absolute atomic E-state index is 9.23. The molecular formula is C14H18BrN3O. The number of rotatable bonds is 5. The van der Waals surface area contributed by atoms with Gasteiger partial charge in [-0.15, -0.1) is 0 Å². The summed E-state index contributed by atoms with van der Waals surface area (Å²) in [6, 6.07) is 8.18. The van der Waals surface area contributed by atoms with E-state index in [0.29, 0.717) is 18.2 Å². The fourth-order valence-electron chi connectivity index (χ4n) is 2.44. The molecule has 5 heteroatoms. The molecule has 2 rings (SSSR count). The Hall–Kier alpha value is -1.09.